The van der Waals surface area contributed by atoms with E-state index >= 15 is 0 Å². The van der Waals surface area contributed by atoms with E-state index in [0.717, 1.165) is 47.0 Å². The van der Waals surface area contributed by atoms with Crippen LogP contribution in [0.5, 0.6) is 23.0 Å². The van der Waals surface area contributed by atoms with Gasteiger partial charge in [-0.3, -0.25) is 0 Å². The van der Waals surface area contributed by atoms with Crippen LogP contribution in [0, 0.1) is 0 Å². The van der Waals surface area contributed by atoms with Crippen LogP contribution < -0.4 is 18.9 Å². The second kappa shape index (κ2) is 11.8. The summed E-state index contributed by atoms with van der Waals surface area (Å²) in [5.41, 5.74) is 4.58. The van der Waals surface area contributed by atoms with E-state index < -0.39 is 0 Å². The third kappa shape index (κ3) is 6.32. The summed E-state index contributed by atoms with van der Waals surface area (Å²) in [5.74, 6) is 3.18. The van der Waals surface area contributed by atoms with Crippen molar-refractivity contribution < 1.29 is 18.9 Å². The summed E-state index contributed by atoms with van der Waals surface area (Å²) >= 11 is 0. The lowest BCUT2D eigenvalue weighted by atomic mass is 10.0. The van der Waals surface area contributed by atoms with Gasteiger partial charge in [0.2, 0.25) is 0 Å². The van der Waals surface area contributed by atoms with Gasteiger partial charge in [-0.05, 0) is 65.9 Å². The van der Waals surface area contributed by atoms with E-state index in [1.54, 1.807) is 14.2 Å². The van der Waals surface area contributed by atoms with E-state index in [9.17, 15) is 0 Å². The van der Waals surface area contributed by atoms with Crippen molar-refractivity contribution in [2.45, 2.75) is 26.1 Å². The average molecular weight is 455 g/mol. The largest absolute Gasteiger partial charge is 0.496 e. The fourth-order valence-electron chi connectivity index (χ4n) is 3.79. The molecule has 0 aliphatic carbocycles. The number of methoxy groups -OCH3 is 2. The van der Waals surface area contributed by atoms with Crippen LogP contribution in [-0.2, 0) is 26.1 Å². The van der Waals surface area contributed by atoms with Crippen LogP contribution in [0.4, 0.5) is 0 Å². The lowest BCUT2D eigenvalue weighted by Gasteiger charge is -2.14. The van der Waals surface area contributed by atoms with Crippen molar-refractivity contribution in [3.63, 3.8) is 0 Å². The Morgan fingerprint density at radius 2 is 1.12 bits per heavy atom. The maximum absolute atomic E-state index is 6.07. The van der Waals surface area contributed by atoms with E-state index in [1.807, 2.05) is 60.7 Å². The van der Waals surface area contributed by atoms with Crippen molar-refractivity contribution in [3.05, 3.63) is 119 Å². The number of hydrogen-bond acceptors (Lipinski definition) is 4. The van der Waals surface area contributed by atoms with Gasteiger partial charge in [-0.15, -0.1) is 0 Å². The second-order valence-electron chi connectivity index (χ2n) is 8.01. The van der Waals surface area contributed by atoms with Gasteiger partial charge in [-0.2, -0.15) is 0 Å². The molecule has 0 unspecified atom stereocenters. The molecule has 34 heavy (non-hydrogen) atoms. The molecule has 0 spiro atoms. The third-order valence-electron chi connectivity index (χ3n) is 5.65. The molecule has 0 radical (unpaired) electrons. The van der Waals surface area contributed by atoms with Crippen LogP contribution in [-0.4, -0.2) is 14.2 Å². The SMILES string of the molecule is COc1ccc(CCc2ccc(OC)c(OCc3ccccc3)c2)cc1COc1ccccc1. The van der Waals surface area contributed by atoms with Crippen molar-refractivity contribution in [2.75, 3.05) is 14.2 Å². The summed E-state index contributed by atoms with van der Waals surface area (Å²) in [5, 5.41) is 0. The summed E-state index contributed by atoms with van der Waals surface area (Å²) in [6, 6.07) is 32.4. The molecule has 0 aliphatic heterocycles. The molecule has 0 aromatic heterocycles. The highest BCUT2D eigenvalue weighted by molar-refractivity contribution is 5.44. The van der Waals surface area contributed by atoms with Crippen LogP contribution in [0.1, 0.15) is 22.3 Å². The number of rotatable bonds is 11. The predicted octanol–water partition coefficient (Wildman–Crippen LogP) is 6.65. The smallest absolute Gasteiger partial charge is 0.161 e. The first kappa shape index (κ1) is 23.2. The Labute approximate surface area is 201 Å². The Balaban J connectivity index is 1.42. The normalized spacial score (nSPS) is 10.5. The number of para-hydroxylation sites is 1. The minimum Gasteiger partial charge on any atom is -0.496 e. The summed E-state index contributed by atoms with van der Waals surface area (Å²) in [7, 11) is 3.36. The van der Waals surface area contributed by atoms with Gasteiger partial charge in [0.15, 0.2) is 11.5 Å². The minimum atomic E-state index is 0.459. The second-order valence-corrected chi connectivity index (χ2v) is 8.01. The van der Waals surface area contributed by atoms with Gasteiger partial charge in [0.25, 0.3) is 0 Å². The van der Waals surface area contributed by atoms with Crippen LogP contribution in [0.15, 0.2) is 97.1 Å². The topological polar surface area (TPSA) is 36.9 Å². The quantitative estimate of drug-likeness (QED) is 0.254. The van der Waals surface area contributed by atoms with Crippen LogP contribution in [0.25, 0.3) is 0 Å². The highest BCUT2D eigenvalue weighted by atomic mass is 16.5. The van der Waals surface area contributed by atoms with Crippen LogP contribution in [0.2, 0.25) is 0 Å². The number of ether oxygens (including phenoxy) is 4. The molecule has 0 fully saturated rings. The first-order chi connectivity index (χ1) is 16.7. The first-order valence-corrected chi connectivity index (χ1v) is 11.4. The molecule has 0 bridgehead atoms. The van der Waals surface area contributed by atoms with Gasteiger partial charge >= 0.3 is 0 Å². The molecule has 0 aliphatic rings. The molecule has 4 aromatic rings. The zero-order chi connectivity index (χ0) is 23.6. The minimum absolute atomic E-state index is 0.459. The first-order valence-electron chi connectivity index (χ1n) is 11.4. The van der Waals surface area contributed by atoms with E-state index in [-0.39, 0.29) is 0 Å². The highest BCUT2D eigenvalue weighted by Crippen LogP contribution is 2.30. The van der Waals surface area contributed by atoms with Crippen molar-refractivity contribution in [2.24, 2.45) is 0 Å². The number of benzene rings is 4. The average Bonchev–Trinajstić information content (AvgIpc) is 2.90. The molecule has 0 amide bonds. The molecule has 4 heteroatoms. The van der Waals surface area contributed by atoms with E-state index in [2.05, 4.69) is 36.4 Å². The molecule has 0 N–H and O–H groups in total. The molecule has 4 rings (SSSR count). The molecular weight excluding hydrogens is 424 g/mol. The van der Waals surface area contributed by atoms with Crippen LogP contribution in [0.3, 0.4) is 0 Å². The van der Waals surface area contributed by atoms with Gasteiger partial charge in [0, 0.05) is 5.56 Å². The van der Waals surface area contributed by atoms with Gasteiger partial charge in [0.1, 0.15) is 24.7 Å². The Bertz CT molecular complexity index is 1080. The van der Waals surface area contributed by atoms with E-state index in [4.69, 9.17) is 18.9 Å². The Morgan fingerprint density at radius 3 is 1.79 bits per heavy atom. The van der Waals surface area contributed by atoms with E-state index in [0.29, 0.717) is 13.2 Å². The Morgan fingerprint density at radius 1 is 0.500 bits per heavy atom. The van der Waals surface area contributed by atoms with Gasteiger partial charge in [-0.25, -0.2) is 0 Å². The molecule has 0 atom stereocenters. The van der Waals surface area contributed by atoms with Crippen LogP contribution >= 0.6 is 0 Å². The van der Waals surface area contributed by atoms with Gasteiger partial charge < -0.3 is 18.9 Å². The Kier molecular flexibility index (Phi) is 8.07. The zero-order valence-corrected chi connectivity index (χ0v) is 19.7. The number of hydrogen-bond donors (Lipinski definition) is 0. The summed E-state index contributed by atoms with van der Waals surface area (Å²) in [4.78, 5) is 0. The van der Waals surface area contributed by atoms with Crippen molar-refractivity contribution in [1.82, 2.24) is 0 Å². The molecule has 4 aromatic carbocycles. The molecule has 174 valence electrons. The van der Waals surface area contributed by atoms with Gasteiger partial charge in [0.05, 0.1) is 14.2 Å². The van der Waals surface area contributed by atoms with Gasteiger partial charge in [-0.1, -0.05) is 60.7 Å². The summed E-state index contributed by atoms with van der Waals surface area (Å²) in [6.45, 7) is 0.963. The highest BCUT2D eigenvalue weighted by Gasteiger charge is 2.09. The Hall–Kier alpha value is -3.92. The maximum atomic E-state index is 6.07. The molecular formula is C30H30O4. The monoisotopic (exact) mass is 454 g/mol. The zero-order valence-electron chi connectivity index (χ0n) is 19.7. The third-order valence-corrected chi connectivity index (χ3v) is 5.65. The van der Waals surface area contributed by atoms with Crippen molar-refractivity contribution in [3.8, 4) is 23.0 Å². The molecule has 0 heterocycles. The standard InChI is InChI=1S/C30H30O4/c1-31-28-17-15-23(19-26(28)22-33-27-11-7-4-8-12-27)13-14-24-16-18-29(32-2)30(20-24)34-21-25-9-5-3-6-10-25/h3-12,15-20H,13-14,21-22H2,1-2H3. The summed E-state index contributed by atoms with van der Waals surface area (Å²) in [6.07, 6.45) is 1.78. The van der Waals surface area contributed by atoms with Crippen molar-refractivity contribution >= 4 is 0 Å². The fraction of sp³-hybridized carbons (Fsp3) is 0.200. The lowest BCUT2D eigenvalue weighted by molar-refractivity contribution is 0.284. The predicted molar refractivity (Wildman–Crippen MR) is 135 cm³/mol. The molecule has 4 nitrogen and oxygen atoms in total. The maximum Gasteiger partial charge on any atom is 0.161 e. The van der Waals surface area contributed by atoms with Crippen molar-refractivity contribution in [1.29, 1.82) is 0 Å². The molecule has 0 saturated heterocycles. The molecule has 0 saturated carbocycles. The summed E-state index contributed by atoms with van der Waals surface area (Å²) < 4.78 is 23.1. The fourth-order valence-corrected chi connectivity index (χ4v) is 3.79. The number of aryl methyl sites for hydroxylation is 2. The van der Waals surface area contributed by atoms with E-state index in [1.165, 1.54) is 11.1 Å². The lowest BCUT2D eigenvalue weighted by Crippen LogP contribution is -2.01.